The Morgan fingerprint density at radius 3 is 2.36 bits per heavy atom. The Kier molecular flexibility index (Phi) is 6.88. The number of rotatable bonds is 6. The molecule has 168 valence electrons. The SMILES string of the molecule is CCC(=O)Nc1c(C(=O)CC)oc2nc(-c3ccc(Br)cc3Cl)c(-c3ccc(Cl)cc3)cc12. The second-order valence-electron chi connectivity index (χ2n) is 7.35. The minimum absolute atomic E-state index is 0.0860. The molecular weight excluding hydrogens is 527 g/mol. The quantitative estimate of drug-likeness (QED) is 0.248. The Balaban J connectivity index is 2.05. The molecule has 0 spiro atoms. The number of nitrogens with zero attached hydrogens (tertiary/aromatic N) is 1. The van der Waals surface area contributed by atoms with Crippen LogP contribution in [0.4, 0.5) is 5.69 Å². The van der Waals surface area contributed by atoms with Crippen molar-refractivity contribution in [2.75, 3.05) is 5.32 Å². The molecule has 0 atom stereocenters. The zero-order valence-corrected chi connectivity index (χ0v) is 20.9. The van der Waals surface area contributed by atoms with Crippen LogP contribution in [-0.4, -0.2) is 16.7 Å². The van der Waals surface area contributed by atoms with Gasteiger partial charge in [-0.3, -0.25) is 9.59 Å². The Morgan fingerprint density at radius 1 is 1.00 bits per heavy atom. The number of fused-ring (bicyclic) bond motifs is 1. The molecule has 0 fully saturated rings. The van der Waals surface area contributed by atoms with E-state index in [0.29, 0.717) is 32.4 Å². The number of halogens is 3. The molecule has 4 rings (SSSR count). The molecule has 33 heavy (non-hydrogen) atoms. The summed E-state index contributed by atoms with van der Waals surface area (Å²) in [6.45, 7) is 3.48. The highest BCUT2D eigenvalue weighted by molar-refractivity contribution is 9.10. The minimum Gasteiger partial charge on any atom is -0.432 e. The van der Waals surface area contributed by atoms with Gasteiger partial charge in [0.15, 0.2) is 11.5 Å². The molecule has 8 heteroatoms. The van der Waals surface area contributed by atoms with Crippen molar-refractivity contribution in [3.8, 4) is 22.4 Å². The fraction of sp³-hybridized carbons (Fsp3) is 0.160. The van der Waals surface area contributed by atoms with Crippen LogP contribution in [0.5, 0.6) is 0 Å². The first-order valence-electron chi connectivity index (χ1n) is 10.3. The lowest BCUT2D eigenvalue weighted by molar-refractivity contribution is -0.115. The van der Waals surface area contributed by atoms with E-state index in [-0.39, 0.29) is 36.0 Å². The number of ketones is 1. The number of carbonyl (C=O) groups is 2. The van der Waals surface area contributed by atoms with Crippen LogP contribution in [0, 0.1) is 0 Å². The normalized spacial score (nSPS) is 11.1. The maximum absolute atomic E-state index is 12.6. The number of hydrogen-bond donors (Lipinski definition) is 1. The minimum atomic E-state index is -0.226. The molecule has 1 amide bonds. The van der Waals surface area contributed by atoms with Crippen LogP contribution >= 0.6 is 39.1 Å². The average Bonchev–Trinajstić information content (AvgIpc) is 3.15. The smallest absolute Gasteiger partial charge is 0.229 e. The maximum atomic E-state index is 12.6. The Morgan fingerprint density at radius 2 is 1.73 bits per heavy atom. The molecule has 0 radical (unpaired) electrons. The molecule has 2 aromatic heterocycles. The van der Waals surface area contributed by atoms with Crippen molar-refractivity contribution in [1.82, 2.24) is 4.98 Å². The second kappa shape index (κ2) is 9.67. The van der Waals surface area contributed by atoms with Gasteiger partial charge in [-0.2, -0.15) is 0 Å². The topological polar surface area (TPSA) is 72.2 Å². The molecule has 2 aromatic carbocycles. The summed E-state index contributed by atoms with van der Waals surface area (Å²) < 4.78 is 6.72. The summed E-state index contributed by atoms with van der Waals surface area (Å²) in [5, 5.41) is 4.46. The summed E-state index contributed by atoms with van der Waals surface area (Å²) in [7, 11) is 0. The maximum Gasteiger partial charge on any atom is 0.229 e. The monoisotopic (exact) mass is 544 g/mol. The van der Waals surface area contributed by atoms with E-state index >= 15 is 0 Å². The Hall–Kier alpha value is -2.67. The third-order valence-corrected chi connectivity index (χ3v) is 6.24. The van der Waals surface area contributed by atoms with E-state index in [9.17, 15) is 9.59 Å². The molecule has 0 aliphatic rings. The molecule has 5 nitrogen and oxygen atoms in total. The zero-order chi connectivity index (χ0) is 23.7. The van der Waals surface area contributed by atoms with E-state index in [1.165, 1.54) is 0 Å². The first-order chi connectivity index (χ1) is 15.8. The molecule has 0 aliphatic carbocycles. The van der Waals surface area contributed by atoms with E-state index in [0.717, 1.165) is 15.6 Å². The van der Waals surface area contributed by atoms with Crippen molar-refractivity contribution in [1.29, 1.82) is 0 Å². The van der Waals surface area contributed by atoms with Gasteiger partial charge in [0.1, 0.15) is 5.69 Å². The fourth-order valence-corrected chi connectivity index (χ4v) is 4.36. The second-order valence-corrected chi connectivity index (χ2v) is 9.11. The molecular formula is C25H19BrCl2N2O3. The zero-order valence-electron chi connectivity index (χ0n) is 17.8. The third kappa shape index (κ3) is 4.69. The summed E-state index contributed by atoms with van der Waals surface area (Å²) in [6, 6.07) is 14.7. The van der Waals surface area contributed by atoms with Gasteiger partial charge < -0.3 is 9.73 Å². The van der Waals surface area contributed by atoms with Crippen molar-refractivity contribution in [2.45, 2.75) is 26.7 Å². The number of hydrogen-bond acceptors (Lipinski definition) is 4. The summed E-state index contributed by atoms with van der Waals surface area (Å²) in [6.07, 6.45) is 0.487. The van der Waals surface area contributed by atoms with E-state index in [1.807, 2.05) is 30.3 Å². The molecule has 0 aliphatic heterocycles. The molecule has 0 saturated carbocycles. The number of aromatic nitrogens is 1. The average molecular weight is 546 g/mol. The van der Waals surface area contributed by atoms with Crippen molar-refractivity contribution in [3.63, 3.8) is 0 Å². The molecule has 2 heterocycles. The number of anilines is 1. The molecule has 1 N–H and O–H groups in total. The van der Waals surface area contributed by atoms with Gasteiger partial charge in [0, 0.05) is 33.5 Å². The highest BCUT2D eigenvalue weighted by Gasteiger charge is 2.24. The van der Waals surface area contributed by atoms with Gasteiger partial charge in [-0.05, 0) is 35.9 Å². The predicted octanol–water partition coefficient (Wildman–Crippen LogP) is 8.17. The van der Waals surface area contributed by atoms with Gasteiger partial charge in [-0.25, -0.2) is 4.98 Å². The standard InChI is InChI=1S/C25H19BrCl2N2O3/c1-3-20(31)24-23(29-21(32)4-2)18-12-17(13-5-8-15(27)9-6-13)22(30-25(18)33-24)16-10-7-14(26)11-19(16)28/h5-12H,3-4H2,1-2H3,(H,29,32). The Labute approximate surface area is 209 Å². The largest absolute Gasteiger partial charge is 0.432 e. The van der Waals surface area contributed by atoms with Gasteiger partial charge in [0.25, 0.3) is 0 Å². The van der Waals surface area contributed by atoms with Crippen molar-refractivity contribution >= 4 is 67.6 Å². The summed E-state index contributed by atoms with van der Waals surface area (Å²) >= 11 is 16.1. The lowest BCUT2D eigenvalue weighted by atomic mass is 9.98. The highest BCUT2D eigenvalue weighted by atomic mass is 79.9. The molecule has 0 unspecified atom stereocenters. The predicted molar refractivity (Wildman–Crippen MR) is 136 cm³/mol. The summed E-state index contributed by atoms with van der Waals surface area (Å²) in [4.78, 5) is 29.6. The number of pyridine rings is 1. The number of nitrogens with one attached hydrogen (secondary N) is 1. The van der Waals surface area contributed by atoms with Crippen LogP contribution in [0.2, 0.25) is 10.0 Å². The van der Waals surface area contributed by atoms with Gasteiger partial charge in [0.05, 0.1) is 16.1 Å². The van der Waals surface area contributed by atoms with Crippen LogP contribution in [0.15, 0.2) is 57.4 Å². The Bertz CT molecular complexity index is 1380. The number of carbonyl (C=O) groups excluding carboxylic acids is 2. The van der Waals surface area contributed by atoms with E-state index < -0.39 is 0 Å². The van der Waals surface area contributed by atoms with Gasteiger partial charge in [-0.15, -0.1) is 0 Å². The lowest BCUT2D eigenvalue weighted by Crippen LogP contribution is -2.12. The summed E-state index contributed by atoms with van der Waals surface area (Å²) in [5.41, 5.74) is 3.46. The molecule has 4 aromatic rings. The number of benzene rings is 2. The van der Waals surface area contributed by atoms with Crippen LogP contribution in [-0.2, 0) is 4.79 Å². The van der Waals surface area contributed by atoms with Gasteiger partial charge in [-0.1, -0.05) is 71.2 Å². The first-order valence-corrected chi connectivity index (χ1v) is 11.9. The van der Waals surface area contributed by atoms with Crippen LogP contribution in [0.25, 0.3) is 33.5 Å². The third-order valence-electron chi connectivity index (χ3n) is 5.18. The van der Waals surface area contributed by atoms with E-state index in [2.05, 4.69) is 21.2 Å². The number of amides is 1. The van der Waals surface area contributed by atoms with Crippen LogP contribution < -0.4 is 5.32 Å². The lowest BCUT2D eigenvalue weighted by Gasteiger charge is -2.12. The number of furan rings is 1. The van der Waals surface area contributed by atoms with Crippen LogP contribution in [0.3, 0.4) is 0 Å². The molecule has 0 saturated heterocycles. The van der Waals surface area contributed by atoms with Gasteiger partial charge >= 0.3 is 0 Å². The first kappa shape index (κ1) is 23.5. The van der Waals surface area contributed by atoms with Crippen molar-refractivity contribution < 1.29 is 14.0 Å². The van der Waals surface area contributed by atoms with Crippen molar-refractivity contribution in [3.05, 3.63) is 68.8 Å². The molecule has 0 bridgehead atoms. The summed E-state index contributed by atoms with van der Waals surface area (Å²) in [5.74, 6) is -0.366. The van der Waals surface area contributed by atoms with Crippen LogP contribution in [0.1, 0.15) is 37.2 Å². The van der Waals surface area contributed by atoms with E-state index in [4.69, 9.17) is 32.6 Å². The fourth-order valence-electron chi connectivity index (χ4n) is 3.47. The number of Topliss-reactive ketones (excluding diaryl/α,β-unsaturated/α-hetero) is 1. The van der Waals surface area contributed by atoms with Gasteiger partial charge in [0.2, 0.25) is 11.6 Å². The highest BCUT2D eigenvalue weighted by Crippen LogP contribution is 2.41. The van der Waals surface area contributed by atoms with E-state index in [1.54, 1.807) is 32.0 Å². The van der Waals surface area contributed by atoms with Crippen molar-refractivity contribution in [2.24, 2.45) is 0 Å².